The Morgan fingerprint density at radius 3 is 2.71 bits per heavy atom. The van der Waals surface area contributed by atoms with Gasteiger partial charge in [-0.05, 0) is 50.1 Å². The number of nitrogens with one attached hydrogen (secondary N) is 1. The first-order valence-corrected chi connectivity index (χ1v) is 9.39. The molecule has 0 saturated heterocycles. The third-order valence-electron chi connectivity index (χ3n) is 4.58. The molecule has 0 bridgehead atoms. The van der Waals surface area contributed by atoms with Crippen LogP contribution in [0.15, 0.2) is 48.5 Å². The molecule has 1 heterocycles. The van der Waals surface area contributed by atoms with Gasteiger partial charge in [0.05, 0.1) is 0 Å². The summed E-state index contributed by atoms with van der Waals surface area (Å²) in [5.74, 6) is -1.41. The molecule has 3 rings (SSSR count). The van der Waals surface area contributed by atoms with Crippen LogP contribution in [-0.4, -0.2) is 36.5 Å². The molecule has 0 aliphatic carbocycles. The number of para-hydroxylation sites is 1. The van der Waals surface area contributed by atoms with E-state index in [0.717, 1.165) is 17.7 Å². The van der Waals surface area contributed by atoms with E-state index in [0.29, 0.717) is 10.6 Å². The van der Waals surface area contributed by atoms with Crippen LogP contribution >= 0.6 is 11.6 Å². The lowest BCUT2D eigenvalue weighted by Crippen LogP contribution is -2.44. The minimum absolute atomic E-state index is 0.00594. The Morgan fingerprint density at radius 1 is 1.21 bits per heavy atom. The van der Waals surface area contributed by atoms with Gasteiger partial charge >= 0.3 is 5.97 Å². The third kappa shape index (κ3) is 4.34. The predicted octanol–water partition coefficient (Wildman–Crippen LogP) is 2.98. The molecule has 0 spiro atoms. The topological polar surface area (TPSA) is 75.7 Å². The maximum absolute atomic E-state index is 12.8. The van der Waals surface area contributed by atoms with Gasteiger partial charge in [0.15, 0.2) is 6.10 Å². The molecular formula is C21H21ClN2O4. The van der Waals surface area contributed by atoms with Gasteiger partial charge < -0.3 is 15.0 Å². The average Bonchev–Trinajstić information content (AvgIpc) is 3.01. The molecule has 2 aromatic rings. The zero-order chi connectivity index (χ0) is 20.3. The monoisotopic (exact) mass is 400 g/mol. The van der Waals surface area contributed by atoms with Gasteiger partial charge in [-0.1, -0.05) is 35.9 Å². The summed E-state index contributed by atoms with van der Waals surface area (Å²) in [6, 6.07) is 14.1. The number of carbonyl (C=O) groups excluding carboxylic acids is 3. The first-order valence-electron chi connectivity index (χ1n) is 9.01. The number of hydrogen-bond acceptors (Lipinski definition) is 4. The zero-order valence-electron chi connectivity index (χ0n) is 15.6. The Morgan fingerprint density at radius 2 is 1.96 bits per heavy atom. The van der Waals surface area contributed by atoms with E-state index >= 15 is 0 Å². The van der Waals surface area contributed by atoms with E-state index in [-0.39, 0.29) is 18.5 Å². The fraction of sp³-hybridized carbons (Fsp3) is 0.286. The molecule has 0 aromatic heterocycles. The van der Waals surface area contributed by atoms with Gasteiger partial charge in [-0.3, -0.25) is 14.4 Å². The first kappa shape index (κ1) is 19.9. The Labute approximate surface area is 168 Å². The van der Waals surface area contributed by atoms with Gasteiger partial charge in [0.1, 0.15) is 6.54 Å². The lowest BCUT2D eigenvalue weighted by molar-refractivity contribution is -0.152. The van der Waals surface area contributed by atoms with Gasteiger partial charge in [-0.15, -0.1) is 0 Å². The molecule has 1 N–H and O–H groups in total. The van der Waals surface area contributed by atoms with Crippen LogP contribution < -0.4 is 10.2 Å². The standard InChI is InChI=1S/C21H21ClN2O4/c1-13-10-15-6-3-4-9-18(15)24(13)21(27)14(2)28-19(25)12-23-20(26)16-7-5-8-17(22)11-16/h3-9,11,13-14H,10,12H2,1-2H3,(H,23,26)/t13-,14+/m1/s1. The van der Waals surface area contributed by atoms with Crippen molar-refractivity contribution < 1.29 is 19.1 Å². The Balaban J connectivity index is 1.55. The third-order valence-corrected chi connectivity index (χ3v) is 4.82. The summed E-state index contributed by atoms with van der Waals surface area (Å²) in [7, 11) is 0. The van der Waals surface area contributed by atoms with Gasteiger partial charge in [0, 0.05) is 22.3 Å². The lowest BCUT2D eigenvalue weighted by atomic mass is 10.1. The smallest absolute Gasteiger partial charge is 0.326 e. The largest absolute Gasteiger partial charge is 0.451 e. The molecule has 6 nitrogen and oxygen atoms in total. The van der Waals surface area contributed by atoms with Crippen LogP contribution in [0.2, 0.25) is 5.02 Å². The summed E-state index contributed by atoms with van der Waals surface area (Å²) < 4.78 is 5.23. The Hall–Kier alpha value is -2.86. The van der Waals surface area contributed by atoms with Crippen molar-refractivity contribution in [1.82, 2.24) is 5.32 Å². The highest BCUT2D eigenvalue weighted by Crippen LogP contribution is 2.32. The summed E-state index contributed by atoms with van der Waals surface area (Å²) >= 11 is 5.85. The van der Waals surface area contributed by atoms with Crippen LogP contribution in [0.25, 0.3) is 0 Å². The van der Waals surface area contributed by atoms with Crippen molar-refractivity contribution in [3.8, 4) is 0 Å². The minimum atomic E-state index is -0.954. The Kier molecular flexibility index (Phi) is 5.99. The maximum atomic E-state index is 12.8. The summed E-state index contributed by atoms with van der Waals surface area (Å²) in [5.41, 5.74) is 2.28. The van der Waals surface area contributed by atoms with E-state index in [1.807, 2.05) is 31.2 Å². The van der Waals surface area contributed by atoms with E-state index in [1.165, 1.54) is 13.0 Å². The van der Waals surface area contributed by atoms with Crippen LogP contribution in [0, 0.1) is 0 Å². The molecular weight excluding hydrogens is 380 g/mol. The number of amides is 2. The average molecular weight is 401 g/mol. The highest BCUT2D eigenvalue weighted by atomic mass is 35.5. The number of halogens is 1. The molecule has 146 valence electrons. The normalized spacial score (nSPS) is 16.2. The van der Waals surface area contributed by atoms with E-state index in [2.05, 4.69) is 5.32 Å². The number of benzene rings is 2. The van der Waals surface area contributed by atoms with Crippen molar-refractivity contribution in [1.29, 1.82) is 0 Å². The summed E-state index contributed by atoms with van der Waals surface area (Å²) in [6.45, 7) is 3.15. The van der Waals surface area contributed by atoms with E-state index in [1.54, 1.807) is 23.1 Å². The number of nitrogens with zero attached hydrogens (tertiary/aromatic N) is 1. The van der Waals surface area contributed by atoms with E-state index in [9.17, 15) is 14.4 Å². The molecule has 1 aliphatic heterocycles. The van der Waals surface area contributed by atoms with E-state index < -0.39 is 18.0 Å². The van der Waals surface area contributed by atoms with Crippen molar-refractivity contribution in [2.75, 3.05) is 11.4 Å². The van der Waals surface area contributed by atoms with Crippen molar-refractivity contribution in [3.05, 3.63) is 64.7 Å². The molecule has 0 unspecified atom stereocenters. The molecule has 7 heteroatoms. The summed E-state index contributed by atoms with van der Waals surface area (Å²) in [4.78, 5) is 38.6. The second kappa shape index (κ2) is 8.44. The van der Waals surface area contributed by atoms with Crippen molar-refractivity contribution in [2.24, 2.45) is 0 Å². The van der Waals surface area contributed by atoms with Crippen LogP contribution in [0.1, 0.15) is 29.8 Å². The van der Waals surface area contributed by atoms with Crippen LogP contribution in [-0.2, 0) is 20.7 Å². The maximum Gasteiger partial charge on any atom is 0.326 e. The van der Waals surface area contributed by atoms with Gasteiger partial charge in [0.2, 0.25) is 0 Å². The molecule has 28 heavy (non-hydrogen) atoms. The predicted molar refractivity (Wildman–Crippen MR) is 106 cm³/mol. The summed E-state index contributed by atoms with van der Waals surface area (Å²) in [6.07, 6.45) is -0.192. The first-order chi connectivity index (χ1) is 13.4. The zero-order valence-corrected chi connectivity index (χ0v) is 16.4. The molecule has 0 saturated carbocycles. The lowest BCUT2D eigenvalue weighted by Gasteiger charge is -2.26. The molecule has 0 radical (unpaired) electrons. The van der Waals surface area contributed by atoms with Crippen LogP contribution in [0.3, 0.4) is 0 Å². The van der Waals surface area contributed by atoms with E-state index in [4.69, 9.17) is 16.3 Å². The molecule has 2 aromatic carbocycles. The summed E-state index contributed by atoms with van der Waals surface area (Å²) in [5, 5.41) is 2.89. The molecule has 2 amide bonds. The number of ether oxygens (including phenoxy) is 1. The highest BCUT2D eigenvalue weighted by molar-refractivity contribution is 6.31. The number of carbonyl (C=O) groups is 3. The number of fused-ring (bicyclic) bond motifs is 1. The van der Waals surface area contributed by atoms with Crippen molar-refractivity contribution >= 4 is 35.1 Å². The fourth-order valence-electron chi connectivity index (χ4n) is 3.27. The molecule has 1 aliphatic rings. The minimum Gasteiger partial charge on any atom is -0.451 e. The van der Waals surface area contributed by atoms with Crippen LogP contribution in [0.5, 0.6) is 0 Å². The SMILES string of the molecule is C[C@H](OC(=O)CNC(=O)c1cccc(Cl)c1)C(=O)N1c2ccccc2C[C@H]1C. The molecule has 2 atom stereocenters. The molecule has 0 fully saturated rings. The van der Waals surface area contributed by atoms with Crippen molar-refractivity contribution in [3.63, 3.8) is 0 Å². The number of esters is 1. The fourth-order valence-corrected chi connectivity index (χ4v) is 3.46. The number of rotatable bonds is 5. The quantitative estimate of drug-likeness (QED) is 0.783. The second-order valence-electron chi connectivity index (χ2n) is 6.72. The second-order valence-corrected chi connectivity index (χ2v) is 7.15. The number of hydrogen-bond donors (Lipinski definition) is 1. The number of anilines is 1. The van der Waals surface area contributed by atoms with Gasteiger partial charge in [-0.2, -0.15) is 0 Å². The van der Waals surface area contributed by atoms with Crippen molar-refractivity contribution in [2.45, 2.75) is 32.4 Å². The van der Waals surface area contributed by atoms with Gasteiger partial charge in [-0.25, -0.2) is 0 Å². The highest BCUT2D eigenvalue weighted by Gasteiger charge is 2.34. The van der Waals surface area contributed by atoms with Crippen LogP contribution in [0.4, 0.5) is 5.69 Å². The van der Waals surface area contributed by atoms with Gasteiger partial charge in [0.25, 0.3) is 11.8 Å². The Bertz CT molecular complexity index is 915.